The molecule has 2 aliphatic rings. The van der Waals surface area contributed by atoms with Crippen LogP contribution in [0.25, 0.3) is 0 Å². The summed E-state index contributed by atoms with van der Waals surface area (Å²) in [5, 5.41) is 3.20. The van der Waals surface area contributed by atoms with E-state index in [1.54, 1.807) is 0 Å². The Labute approximate surface area is 117 Å². The Kier molecular flexibility index (Phi) is 5.22. The largest absolute Gasteiger partial charge is 0.352 e. The second-order valence-electron chi connectivity index (χ2n) is 6.57. The van der Waals surface area contributed by atoms with Crippen LogP contribution in [0.5, 0.6) is 0 Å². The van der Waals surface area contributed by atoms with E-state index in [0.717, 1.165) is 30.7 Å². The summed E-state index contributed by atoms with van der Waals surface area (Å²) >= 11 is 0. The number of hydrogen-bond donors (Lipinski definition) is 2. The summed E-state index contributed by atoms with van der Waals surface area (Å²) in [6.07, 6.45) is 6.48. The van der Waals surface area contributed by atoms with Crippen LogP contribution in [0.4, 0.5) is 0 Å². The van der Waals surface area contributed by atoms with E-state index in [1.807, 2.05) is 7.05 Å². The summed E-state index contributed by atoms with van der Waals surface area (Å²) in [6.45, 7) is 4.26. The molecule has 4 unspecified atom stereocenters. The minimum Gasteiger partial charge on any atom is -0.352 e. The molecular weight excluding hydrogens is 238 g/mol. The molecule has 4 atom stereocenters. The van der Waals surface area contributed by atoms with Crippen molar-refractivity contribution in [2.45, 2.75) is 45.1 Å². The van der Waals surface area contributed by atoms with Crippen LogP contribution in [0.3, 0.4) is 0 Å². The van der Waals surface area contributed by atoms with Crippen molar-refractivity contribution in [3.05, 3.63) is 0 Å². The van der Waals surface area contributed by atoms with Crippen molar-refractivity contribution in [3.63, 3.8) is 0 Å². The number of carbonyl (C=O) groups is 1. The predicted molar refractivity (Wildman–Crippen MR) is 77.7 cm³/mol. The van der Waals surface area contributed by atoms with Gasteiger partial charge in [-0.05, 0) is 70.5 Å². The highest BCUT2D eigenvalue weighted by Gasteiger charge is 2.42. The zero-order valence-electron chi connectivity index (χ0n) is 12.4. The molecule has 0 spiro atoms. The first-order valence-corrected chi connectivity index (χ1v) is 7.78. The Hall–Kier alpha value is -0.610. The molecule has 0 saturated heterocycles. The van der Waals surface area contributed by atoms with Crippen LogP contribution in [0.15, 0.2) is 0 Å². The normalized spacial score (nSPS) is 30.8. The van der Waals surface area contributed by atoms with Crippen molar-refractivity contribution in [2.24, 2.45) is 23.5 Å². The van der Waals surface area contributed by atoms with E-state index in [9.17, 15) is 4.79 Å². The third-order valence-corrected chi connectivity index (χ3v) is 4.98. The summed E-state index contributed by atoms with van der Waals surface area (Å²) in [7, 11) is 1.98. The van der Waals surface area contributed by atoms with E-state index in [2.05, 4.69) is 17.1 Å². The van der Waals surface area contributed by atoms with Gasteiger partial charge in [-0.3, -0.25) is 9.69 Å². The number of amides is 1. The zero-order chi connectivity index (χ0) is 13.8. The smallest absolute Gasteiger partial charge is 0.234 e. The molecule has 2 rings (SSSR count). The molecule has 2 saturated carbocycles. The highest BCUT2D eigenvalue weighted by atomic mass is 16.2. The first-order valence-electron chi connectivity index (χ1n) is 7.78. The van der Waals surface area contributed by atoms with Gasteiger partial charge in [0.05, 0.1) is 6.54 Å². The molecule has 0 radical (unpaired) electrons. The lowest BCUT2D eigenvalue weighted by molar-refractivity contribution is -0.123. The fourth-order valence-electron chi connectivity index (χ4n) is 4.00. The average Bonchev–Trinajstić information content (AvgIpc) is 2.98. The lowest BCUT2D eigenvalue weighted by Crippen LogP contribution is -2.44. The molecule has 1 amide bonds. The van der Waals surface area contributed by atoms with E-state index in [4.69, 9.17) is 5.73 Å². The van der Waals surface area contributed by atoms with Crippen molar-refractivity contribution in [2.75, 3.05) is 26.7 Å². The van der Waals surface area contributed by atoms with E-state index in [-0.39, 0.29) is 5.91 Å². The minimum absolute atomic E-state index is 0.162. The number of hydrogen-bond acceptors (Lipinski definition) is 3. The van der Waals surface area contributed by atoms with Crippen molar-refractivity contribution >= 4 is 5.91 Å². The first-order chi connectivity index (χ1) is 9.10. The molecule has 4 heteroatoms. The standard InChI is InChI=1S/C15H29N3O/c1-11(14-9-12-4-5-13(14)8-12)17-15(19)10-18(2)7-3-6-16/h11-14H,3-10,16H2,1-2H3,(H,17,19). The van der Waals surface area contributed by atoms with Gasteiger partial charge in [-0.15, -0.1) is 0 Å². The van der Waals surface area contributed by atoms with Gasteiger partial charge in [0.2, 0.25) is 5.91 Å². The topological polar surface area (TPSA) is 58.4 Å². The third kappa shape index (κ3) is 3.93. The minimum atomic E-state index is 0.162. The molecule has 0 aromatic carbocycles. The van der Waals surface area contributed by atoms with E-state index in [0.29, 0.717) is 19.1 Å². The summed E-state index contributed by atoms with van der Waals surface area (Å²) in [4.78, 5) is 14.1. The van der Waals surface area contributed by atoms with Crippen LogP contribution in [-0.2, 0) is 4.79 Å². The summed E-state index contributed by atoms with van der Waals surface area (Å²) in [6, 6.07) is 0.339. The van der Waals surface area contributed by atoms with Crippen LogP contribution >= 0.6 is 0 Å². The molecule has 0 aliphatic heterocycles. The van der Waals surface area contributed by atoms with Gasteiger partial charge < -0.3 is 11.1 Å². The Morgan fingerprint density at radius 2 is 2.21 bits per heavy atom. The Balaban J connectivity index is 1.70. The van der Waals surface area contributed by atoms with Gasteiger partial charge in [0, 0.05) is 6.04 Å². The maximum atomic E-state index is 12.0. The number of rotatable bonds is 7. The van der Waals surface area contributed by atoms with E-state index < -0.39 is 0 Å². The highest BCUT2D eigenvalue weighted by molar-refractivity contribution is 5.78. The van der Waals surface area contributed by atoms with E-state index >= 15 is 0 Å². The highest BCUT2D eigenvalue weighted by Crippen LogP contribution is 2.49. The van der Waals surface area contributed by atoms with Gasteiger partial charge >= 0.3 is 0 Å². The molecule has 3 N–H and O–H groups in total. The predicted octanol–water partition coefficient (Wildman–Crippen LogP) is 1.21. The molecule has 2 bridgehead atoms. The molecule has 0 heterocycles. The molecular formula is C15H29N3O. The number of nitrogens with one attached hydrogen (secondary N) is 1. The number of carbonyl (C=O) groups excluding carboxylic acids is 1. The monoisotopic (exact) mass is 267 g/mol. The fraction of sp³-hybridized carbons (Fsp3) is 0.933. The number of fused-ring (bicyclic) bond motifs is 2. The lowest BCUT2D eigenvalue weighted by Gasteiger charge is -2.29. The molecule has 2 fully saturated rings. The second-order valence-corrected chi connectivity index (χ2v) is 6.57. The average molecular weight is 267 g/mol. The van der Waals surface area contributed by atoms with Gasteiger partial charge in [0.25, 0.3) is 0 Å². The van der Waals surface area contributed by atoms with Gasteiger partial charge in [0.15, 0.2) is 0 Å². The number of nitrogens with two attached hydrogens (primary N) is 1. The Bertz CT molecular complexity index is 308. The Morgan fingerprint density at radius 3 is 2.79 bits per heavy atom. The van der Waals surface area contributed by atoms with Crippen molar-refractivity contribution in [1.82, 2.24) is 10.2 Å². The van der Waals surface area contributed by atoms with Gasteiger partial charge in [-0.2, -0.15) is 0 Å². The maximum absolute atomic E-state index is 12.0. The molecule has 0 aromatic heterocycles. The third-order valence-electron chi connectivity index (χ3n) is 4.98. The van der Waals surface area contributed by atoms with Crippen molar-refractivity contribution in [3.8, 4) is 0 Å². The van der Waals surface area contributed by atoms with Gasteiger partial charge in [-0.1, -0.05) is 6.42 Å². The second kappa shape index (κ2) is 6.71. The van der Waals surface area contributed by atoms with Crippen LogP contribution in [-0.4, -0.2) is 43.5 Å². The molecule has 0 aromatic rings. The molecule has 110 valence electrons. The van der Waals surface area contributed by atoms with Gasteiger partial charge in [0.1, 0.15) is 0 Å². The van der Waals surface area contributed by atoms with Crippen LogP contribution < -0.4 is 11.1 Å². The summed E-state index contributed by atoms with van der Waals surface area (Å²) in [5.41, 5.74) is 5.48. The number of nitrogens with zero attached hydrogens (tertiary/aromatic N) is 1. The first kappa shape index (κ1) is 14.8. The molecule has 19 heavy (non-hydrogen) atoms. The summed E-state index contributed by atoms with van der Waals surface area (Å²) in [5.74, 6) is 2.70. The van der Waals surface area contributed by atoms with Crippen molar-refractivity contribution in [1.29, 1.82) is 0 Å². The lowest BCUT2D eigenvalue weighted by atomic mass is 9.84. The quantitative estimate of drug-likeness (QED) is 0.729. The van der Waals surface area contributed by atoms with Crippen molar-refractivity contribution < 1.29 is 4.79 Å². The van der Waals surface area contributed by atoms with E-state index in [1.165, 1.54) is 25.7 Å². The van der Waals surface area contributed by atoms with Gasteiger partial charge in [-0.25, -0.2) is 0 Å². The fourth-order valence-corrected chi connectivity index (χ4v) is 4.00. The van der Waals surface area contributed by atoms with Crippen LogP contribution in [0.2, 0.25) is 0 Å². The zero-order valence-corrected chi connectivity index (χ0v) is 12.4. The maximum Gasteiger partial charge on any atom is 0.234 e. The summed E-state index contributed by atoms with van der Waals surface area (Å²) < 4.78 is 0. The Morgan fingerprint density at radius 1 is 1.42 bits per heavy atom. The molecule has 2 aliphatic carbocycles. The van der Waals surface area contributed by atoms with Crippen LogP contribution in [0, 0.1) is 17.8 Å². The van der Waals surface area contributed by atoms with Crippen LogP contribution in [0.1, 0.15) is 39.0 Å². The number of likely N-dealkylation sites (N-methyl/N-ethyl adjacent to an activating group) is 1. The SMILES string of the molecule is CC(NC(=O)CN(C)CCCN)C1CC2CCC1C2. The molecule has 4 nitrogen and oxygen atoms in total.